The van der Waals surface area contributed by atoms with Crippen LogP contribution in [0.2, 0.25) is 0 Å². The minimum atomic E-state index is -3.26. The maximum absolute atomic E-state index is 15.0. The molecule has 25 atom stereocenters. The van der Waals surface area contributed by atoms with Crippen molar-refractivity contribution >= 4 is 5.97 Å². The summed E-state index contributed by atoms with van der Waals surface area (Å²) in [5.74, 6) is -10.1. The van der Waals surface area contributed by atoms with E-state index in [1.807, 2.05) is 6.92 Å². The van der Waals surface area contributed by atoms with Crippen molar-refractivity contribution in [3.05, 3.63) is 12.2 Å². The summed E-state index contributed by atoms with van der Waals surface area (Å²) in [5, 5.41) is 150. The first kappa shape index (κ1) is 53.7. The number of allylic oxidation sites excluding steroid dienone is 1. The number of rotatable bonds is 10. The second-order valence-corrected chi connectivity index (χ2v) is 23.5. The smallest absolute Gasteiger partial charge is 0.357 e. The molecule has 0 radical (unpaired) electrons. The molecule has 3 heterocycles. The van der Waals surface area contributed by atoms with Crippen LogP contribution in [0.3, 0.4) is 0 Å². The van der Waals surface area contributed by atoms with Crippen LogP contribution in [0.15, 0.2) is 12.2 Å². The zero-order chi connectivity index (χ0) is 51.0. The van der Waals surface area contributed by atoms with E-state index in [9.17, 15) is 71.5 Å². The molecular formula is C48H78O21. The third-order valence-electron chi connectivity index (χ3n) is 20.0. The van der Waals surface area contributed by atoms with Gasteiger partial charge >= 0.3 is 23.9 Å². The van der Waals surface area contributed by atoms with Crippen LogP contribution >= 0.6 is 0 Å². The second kappa shape index (κ2) is 18.1. The van der Waals surface area contributed by atoms with Crippen LogP contribution < -0.4 is 0 Å². The van der Waals surface area contributed by atoms with Gasteiger partial charge in [-0.25, -0.2) is 0 Å². The van der Waals surface area contributed by atoms with Gasteiger partial charge in [-0.1, -0.05) is 46.8 Å². The molecule has 0 aromatic heterocycles. The highest BCUT2D eigenvalue weighted by atomic mass is 16.9. The molecule has 0 bridgehead atoms. The molecule has 21 nitrogen and oxygen atoms in total. The Morgan fingerprint density at radius 2 is 1.13 bits per heavy atom. The van der Waals surface area contributed by atoms with Gasteiger partial charge in [-0.2, -0.15) is 0 Å². The van der Waals surface area contributed by atoms with Crippen LogP contribution in [-0.2, 0) is 33.2 Å². The van der Waals surface area contributed by atoms with E-state index >= 15 is 4.79 Å². The van der Waals surface area contributed by atoms with Crippen LogP contribution in [0.25, 0.3) is 0 Å². The summed E-state index contributed by atoms with van der Waals surface area (Å²) in [6.45, 7) is 14.9. The Hall–Kier alpha value is -1.55. The van der Waals surface area contributed by atoms with E-state index < -0.39 is 134 Å². The van der Waals surface area contributed by atoms with Crippen molar-refractivity contribution in [1.29, 1.82) is 0 Å². The van der Waals surface area contributed by atoms with Crippen molar-refractivity contribution in [2.45, 2.75) is 203 Å². The molecule has 69 heavy (non-hydrogen) atoms. The molecule has 0 aromatic carbocycles. The quantitative estimate of drug-likeness (QED) is 0.0485. The monoisotopic (exact) mass is 991 g/mol. The number of aliphatic hydroxyl groups is 14. The van der Waals surface area contributed by atoms with Crippen molar-refractivity contribution in [3.63, 3.8) is 0 Å². The Kier molecular flexibility index (Phi) is 14.1. The van der Waals surface area contributed by atoms with Gasteiger partial charge in [-0.3, -0.25) is 4.79 Å². The molecule has 8 aliphatic rings. The van der Waals surface area contributed by atoms with Gasteiger partial charge < -0.3 is 99.9 Å². The lowest BCUT2D eigenvalue weighted by molar-refractivity contribution is -0.469. The van der Waals surface area contributed by atoms with E-state index in [4.69, 9.17) is 28.4 Å². The van der Waals surface area contributed by atoms with Crippen molar-refractivity contribution in [2.75, 3.05) is 19.8 Å². The van der Waals surface area contributed by atoms with Crippen LogP contribution in [0.1, 0.15) is 106 Å². The Labute approximate surface area is 401 Å². The molecule has 5 aliphatic carbocycles. The minimum Gasteiger partial charge on any atom is -0.405 e. The fourth-order valence-corrected chi connectivity index (χ4v) is 16.0. The van der Waals surface area contributed by atoms with Gasteiger partial charge in [0.1, 0.15) is 54.9 Å². The van der Waals surface area contributed by atoms with Crippen LogP contribution in [0.4, 0.5) is 0 Å². The maximum Gasteiger partial charge on any atom is 0.357 e. The molecule has 0 aromatic rings. The number of hydrogen-bond donors (Lipinski definition) is 14. The molecule has 21 heteroatoms. The molecule has 3 aliphatic heterocycles. The van der Waals surface area contributed by atoms with E-state index in [1.165, 1.54) is 0 Å². The summed E-state index contributed by atoms with van der Waals surface area (Å²) in [7, 11) is 0. The normalized spacial score (nSPS) is 56.0. The summed E-state index contributed by atoms with van der Waals surface area (Å²) in [6, 6.07) is 0. The largest absolute Gasteiger partial charge is 0.405 e. The lowest BCUT2D eigenvalue weighted by Gasteiger charge is -2.73. The average Bonchev–Trinajstić information content (AvgIpc) is 3.70. The van der Waals surface area contributed by atoms with Crippen LogP contribution in [0, 0.1) is 56.7 Å². The number of hydrogen-bond acceptors (Lipinski definition) is 21. The minimum absolute atomic E-state index is 0.0304. The molecule has 0 amide bonds. The predicted octanol–water partition coefficient (Wildman–Crippen LogP) is -2.04. The van der Waals surface area contributed by atoms with Gasteiger partial charge in [-0.05, 0) is 122 Å². The topological polar surface area (TPSA) is 356 Å². The van der Waals surface area contributed by atoms with Crippen molar-refractivity contribution in [3.8, 4) is 0 Å². The van der Waals surface area contributed by atoms with Gasteiger partial charge in [0.15, 0.2) is 18.3 Å². The van der Waals surface area contributed by atoms with E-state index in [0.29, 0.717) is 38.5 Å². The van der Waals surface area contributed by atoms with Crippen molar-refractivity contribution in [2.24, 2.45) is 56.7 Å². The first-order valence-corrected chi connectivity index (χ1v) is 24.7. The second-order valence-electron chi connectivity index (χ2n) is 23.5. The highest BCUT2D eigenvalue weighted by Crippen LogP contribution is 2.78. The first-order chi connectivity index (χ1) is 32.0. The third kappa shape index (κ3) is 7.94. The fraction of sp³-hybridized carbons (Fsp3) is 0.938. The molecule has 3 saturated heterocycles. The molecule has 0 spiro atoms. The highest BCUT2D eigenvalue weighted by Gasteiger charge is 2.73. The lowest BCUT2D eigenvalue weighted by atomic mass is 9.32. The van der Waals surface area contributed by atoms with Crippen LogP contribution in [-0.4, -0.2) is 195 Å². The molecule has 14 N–H and O–H groups in total. The number of fused-ring (bicyclic) bond motifs is 7. The number of aliphatic hydroxyl groups excluding tert-OH is 11. The zero-order valence-corrected chi connectivity index (χ0v) is 40.4. The van der Waals surface area contributed by atoms with Crippen molar-refractivity contribution < 1.29 is 105 Å². The van der Waals surface area contributed by atoms with Gasteiger partial charge in [-0.15, -0.1) is 0 Å². The number of carbonyl (C=O) groups excluding carboxylic acids is 1. The highest BCUT2D eigenvalue weighted by molar-refractivity contribution is 5.78. The molecular weight excluding hydrogens is 913 g/mol. The third-order valence-corrected chi connectivity index (χ3v) is 20.0. The Morgan fingerprint density at radius 1 is 0.594 bits per heavy atom. The molecule has 25 unspecified atom stereocenters. The van der Waals surface area contributed by atoms with E-state index in [-0.39, 0.29) is 45.8 Å². The summed E-state index contributed by atoms with van der Waals surface area (Å²) in [4.78, 5) is 15.0. The molecule has 396 valence electrons. The maximum atomic E-state index is 15.0. The Morgan fingerprint density at radius 3 is 1.71 bits per heavy atom. The first-order valence-electron chi connectivity index (χ1n) is 24.7. The lowest BCUT2D eigenvalue weighted by Crippen LogP contribution is -2.70. The van der Waals surface area contributed by atoms with Gasteiger partial charge in [0.2, 0.25) is 0 Å². The number of ether oxygens (including phenoxy) is 6. The van der Waals surface area contributed by atoms with Gasteiger partial charge in [0.05, 0.1) is 31.3 Å². The molecule has 8 rings (SSSR count). The Bertz CT molecular complexity index is 1920. The number of carbonyl (C=O) groups is 1. The summed E-state index contributed by atoms with van der Waals surface area (Å²) in [6.07, 6.45) is -17.5. The van der Waals surface area contributed by atoms with Gasteiger partial charge in [0, 0.05) is 0 Å². The molecule has 8 fully saturated rings. The van der Waals surface area contributed by atoms with Crippen LogP contribution in [0.5, 0.6) is 0 Å². The van der Waals surface area contributed by atoms with E-state index in [1.54, 1.807) is 0 Å². The van der Waals surface area contributed by atoms with E-state index in [0.717, 1.165) is 31.3 Å². The molecule has 5 saturated carbocycles. The standard InChI is InChI=1S/C48H78O21/c1-21(2)22-10-15-45(40(60)69-48(63)39(59)36(56)33(53)26(67-48)20-64-46(61)37(57)34(54)31(51)24(18-49)65-46)17-16-43(6)23(30(22)45)8-9-28-42(5)13-12-29(41(3,4)27(42)11-14-44(28,43)7)68-47(62)38(58)35(55)32(52)25(19-50)66-47/h22-39,49-59,61-63H,1,8-20H2,2-7H3. The zero-order valence-electron chi connectivity index (χ0n) is 40.4. The van der Waals surface area contributed by atoms with Crippen molar-refractivity contribution in [1.82, 2.24) is 0 Å². The Balaban J connectivity index is 1.02. The van der Waals surface area contributed by atoms with Gasteiger partial charge in [0.25, 0.3) is 0 Å². The summed E-state index contributed by atoms with van der Waals surface area (Å²) in [5.41, 5.74) is -1.67. The summed E-state index contributed by atoms with van der Waals surface area (Å²) < 4.78 is 33.6. The van der Waals surface area contributed by atoms with E-state index in [2.05, 4.69) is 41.2 Å². The summed E-state index contributed by atoms with van der Waals surface area (Å²) >= 11 is 0. The fourth-order valence-electron chi connectivity index (χ4n) is 16.0. The predicted molar refractivity (Wildman–Crippen MR) is 234 cm³/mol. The SMILES string of the molecule is C=C(C)C1CCC2(C(=O)OC3(O)OC(COC4(O)OC(CO)C(O)C(O)C4O)C(O)C(O)C3O)CCC3(C)C(CCC4C5(C)CCC(OC6(O)OC(CO)C(O)C(O)C6O)C(C)(C)C5CCC43C)C12. The average molecular weight is 991 g/mol. The number of esters is 1.